The topological polar surface area (TPSA) is 73.6 Å². The highest BCUT2D eigenvalue weighted by Gasteiger charge is 2.26. The normalized spacial score (nSPS) is 20.0. The fourth-order valence-electron chi connectivity index (χ4n) is 3.34. The maximum absolute atomic E-state index is 12.3. The number of amides is 1. The van der Waals surface area contributed by atoms with Gasteiger partial charge in [0.25, 0.3) is 5.91 Å². The molecule has 1 aliphatic heterocycles. The van der Waals surface area contributed by atoms with Gasteiger partial charge in [0.15, 0.2) is 6.61 Å². The van der Waals surface area contributed by atoms with Gasteiger partial charge in [0.2, 0.25) is 0 Å². The molecule has 0 spiro atoms. The molecule has 1 fully saturated rings. The molecule has 27 heavy (non-hydrogen) atoms. The predicted octanol–water partition coefficient (Wildman–Crippen LogP) is 2.71. The maximum atomic E-state index is 12.3. The van der Waals surface area contributed by atoms with Gasteiger partial charge >= 0.3 is 5.97 Å². The third-order valence-corrected chi connectivity index (χ3v) is 4.61. The van der Waals surface area contributed by atoms with E-state index < -0.39 is 5.97 Å². The van der Waals surface area contributed by atoms with E-state index in [0.29, 0.717) is 24.9 Å². The van der Waals surface area contributed by atoms with Crippen molar-refractivity contribution in [3.8, 4) is 6.07 Å². The van der Waals surface area contributed by atoms with Crippen LogP contribution in [-0.2, 0) is 14.3 Å². The number of benzene rings is 1. The molecule has 2 unspecified atom stereocenters. The number of carbonyl (C=O) groups excluding carboxylic acids is 2. The predicted molar refractivity (Wildman–Crippen MR) is 105 cm³/mol. The van der Waals surface area contributed by atoms with Crippen molar-refractivity contribution in [1.29, 1.82) is 5.26 Å². The van der Waals surface area contributed by atoms with Gasteiger partial charge in [-0.3, -0.25) is 4.79 Å². The second-order valence-corrected chi connectivity index (χ2v) is 7.48. The van der Waals surface area contributed by atoms with Crippen LogP contribution in [0, 0.1) is 23.2 Å². The molecule has 2 atom stereocenters. The number of hydrogen-bond donors (Lipinski definition) is 0. The van der Waals surface area contributed by atoms with Crippen LogP contribution < -0.4 is 4.90 Å². The second-order valence-electron chi connectivity index (χ2n) is 7.48. The molecule has 1 aliphatic rings. The Balaban J connectivity index is 1.96. The zero-order chi connectivity index (χ0) is 20.0. The summed E-state index contributed by atoms with van der Waals surface area (Å²) in [6.45, 7) is 5.25. The summed E-state index contributed by atoms with van der Waals surface area (Å²) in [7, 11) is 3.87. The summed E-state index contributed by atoms with van der Waals surface area (Å²) in [6.07, 6.45) is 2.56. The Labute approximate surface area is 161 Å². The van der Waals surface area contributed by atoms with Crippen molar-refractivity contribution in [2.75, 3.05) is 38.7 Å². The van der Waals surface area contributed by atoms with Crippen LogP contribution in [0.25, 0.3) is 6.08 Å². The van der Waals surface area contributed by atoms with Crippen LogP contribution in [0.15, 0.2) is 29.8 Å². The van der Waals surface area contributed by atoms with E-state index in [4.69, 9.17) is 4.74 Å². The van der Waals surface area contributed by atoms with Gasteiger partial charge in [-0.2, -0.15) is 5.26 Å². The number of rotatable bonds is 5. The molecule has 1 aromatic rings. The number of nitriles is 1. The summed E-state index contributed by atoms with van der Waals surface area (Å²) in [4.78, 5) is 28.2. The van der Waals surface area contributed by atoms with Crippen molar-refractivity contribution in [2.45, 2.75) is 20.3 Å². The largest absolute Gasteiger partial charge is 0.451 e. The highest BCUT2D eigenvalue weighted by Crippen LogP contribution is 2.21. The number of piperidine rings is 1. The first kappa shape index (κ1) is 20.5. The van der Waals surface area contributed by atoms with Crippen molar-refractivity contribution in [2.24, 2.45) is 11.8 Å². The van der Waals surface area contributed by atoms with Crippen molar-refractivity contribution >= 4 is 23.6 Å². The minimum absolute atomic E-state index is 0.124. The van der Waals surface area contributed by atoms with E-state index in [1.807, 2.05) is 49.3 Å². The molecular formula is C21H27N3O3. The van der Waals surface area contributed by atoms with Crippen LogP contribution in [0.3, 0.4) is 0 Å². The van der Waals surface area contributed by atoms with Gasteiger partial charge in [0.05, 0.1) is 0 Å². The molecule has 1 heterocycles. The quantitative estimate of drug-likeness (QED) is 0.453. The van der Waals surface area contributed by atoms with Crippen molar-refractivity contribution in [3.05, 3.63) is 35.4 Å². The van der Waals surface area contributed by atoms with Crippen LogP contribution in [0.5, 0.6) is 0 Å². The lowest BCUT2D eigenvalue weighted by atomic mass is 9.92. The van der Waals surface area contributed by atoms with Crippen molar-refractivity contribution < 1.29 is 14.3 Å². The minimum atomic E-state index is -0.777. The SMILES string of the molecule is CC1CC(C)CN(C(=O)COC(=O)/C(C#N)=C/c2ccc(N(C)C)cc2)C1. The van der Waals surface area contributed by atoms with E-state index in [1.165, 1.54) is 6.08 Å². The van der Waals surface area contributed by atoms with E-state index >= 15 is 0 Å². The zero-order valence-corrected chi connectivity index (χ0v) is 16.4. The zero-order valence-electron chi connectivity index (χ0n) is 16.4. The van der Waals surface area contributed by atoms with E-state index in [-0.39, 0.29) is 18.1 Å². The van der Waals surface area contributed by atoms with Crippen LogP contribution in [0.4, 0.5) is 5.69 Å². The van der Waals surface area contributed by atoms with Crippen LogP contribution in [0.2, 0.25) is 0 Å². The number of nitrogens with zero attached hydrogens (tertiary/aromatic N) is 3. The summed E-state index contributed by atoms with van der Waals surface area (Å²) in [5.41, 5.74) is 1.61. The van der Waals surface area contributed by atoms with Gasteiger partial charge in [-0.1, -0.05) is 26.0 Å². The number of carbonyl (C=O) groups is 2. The lowest BCUT2D eigenvalue weighted by Crippen LogP contribution is -2.44. The van der Waals surface area contributed by atoms with Crippen LogP contribution in [0.1, 0.15) is 25.8 Å². The molecule has 0 saturated carbocycles. The molecule has 1 aromatic carbocycles. The van der Waals surface area contributed by atoms with Gasteiger partial charge in [-0.25, -0.2) is 4.79 Å². The first-order valence-corrected chi connectivity index (χ1v) is 9.14. The Morgan fingerprint density at radius 2 is 1.81 bits per heavy atom. The first-order chi connectivity index (χ1) is 12.8. The lowest BCUT2D eigenvalue weighted by Gasteiger charge is -2.34. The number of anilines is 1. The first-order valence-electron chi connectivity index (χ1n) is 9.14. The third kappa shape index (κ3) is 5.85. The molecule has 0 aromatic heterocycles. The smallest absolute Gasteiger partial charge is 0.349 e. The van der Waals surface area contributed by atoms with Crippen molar-refractivity contribution in [3.63, 3.8) is 0 Å². The fourth-order valence-corrected chi connectivity index (χ4v) is 3.34. The van der Waals surface area contributed by atoms with Gasteiger partial charge in [-0.05, 0) is 42.0 Å². The molecule has 1 saturated heterocycles. The van der Waals surface area contributed by atoms with Gasteiger partial charge < -0.3 is 14.5 Å². The Morgan fingerprint density at radius 3 is 2.33 bits per heavy atom. The summed E-state index contributed by atoms with van der Waals surface area (Å²) < 4.78 is 5.09. The average molecular weight is 369 g/mol. The molecule has 1 amide bonds. The van der Waals surface area contributed by atoms with E-state index in [2.05, 4.69) is 13.8 Å². The maximum Gasteiger partial charge on any atom is 0.349 e. The summed E-state index contributed by atoms with van der Waals surface area (Å²) >= 11 is 0. The Morgan fingerprint density at radius 1 is 1.22 bits per heavy atom. The highest BCUT2D eigenvalue weighted by atomic mass is 16.5. The Hall–Kier alpha value is -2.81. The standard InChI is InChI=1S/C21H27N3O3/c1-15-9-16(2)13-24(12-15)20(25)14-27-21(26)18(11-22)10-17-5-7-19(8-6-17)23(3)4/h5-8,10,15-16H,9,12-14H2,1-4H3/b18-10+. The molecular weight excluding hydrogens is 342 g/mol. The van der Waals surface area contributed by atoms with E-state index in [0.717, 1.165) is 17.7 Å². The Bertz CT molecular complexity index is 737. The molecule has 0 N–H and O–H groups in total. The van der Waals surface area contributed by atoms with Gasteiger partial charge in [0, 0.05) is 32.9 Å². The van der Waals surface area contributed by atoms with Crippen LogP contribution in [-0.4, -0.2) is 50.6 Å². The number of ether oxygens (including phenoxy) is 1. The number of hydrogen-bond acceptors (Lipinski definition) is 5. The van der Waals surface area contributed by atoms with E-state index in [1.54, 1.807) is 4.90 Å². The summed E-state index contributed by atoms with van der Waals surface area (Å²) in [5.74, 6) is -0.115. The molecule has 0 bridgehead atoms. The molecule has 6 heteroatoms. The summed E-state index contributed by atoms with van der Waals surface area (Å²) in [5, 5.41) is 9.26. The van der Waals surface area contributed by atoms with Gasteiger partial charge in [0.1, 0.15) is 11.6 Å². The monoisotopic (exact) mass is 369 g/mol. The molecule has 144 valence electrons. The highest BCUT2D eigenvalue weighted by molar-refractivity contribution is 5.98. The summed E-state index contributed by atoms with van der Waals surface area (Å²) in [6, 6.07) is 9.29. The van der Waals surface area contributed by atoms with E-state index in [9.17, 15) is 14.9 Å². The number of esters is 1. The molecule has 0 radical (unpaired) electrons. The minimum Gasteiger partial charge on any atom is -0.451 e. The lowest BCUT2D eigenvalue weighted by molar-refractivity contribution is -0.149. The molecule has 0 aliphatic carbocycles. The average Bonchev–Trinajstić information content (AvgIpc) is 2.63. The van der Waals surface area contributed by atoms with Gasteiger partial charge in [-0.15, -0.1) is 0 Å². The van der Waals surface area contributed by atoms with Crippen molar-refractivity contribution in [1.82, 2.24) is 4.90 Å². The third-order valence-electron chi connectivity index (χ3n) is 4.61. The fraction of sp³-hybridized carbons (Fsp3) is 0.476. The second kappa shape index (κ2) is 9.22. The number of likely N-dealkylation sites (tertiary alicyclic amines) is 1. The Kier molecular flexibility index (Phi) is 7.00. The molecule has 6 nitrogen and oxygen atoms in total. The molecule has 2 rings (SSSR count). The van der Waals surface area contributed by atoms with Crippen LogP contribution >= 0.6 is 0 Å².